The Morgan fingerprint density at radius 2 is 1.30 bits per heavy atom. The van der Waals surface area contributed by atoms with Crippen LogP contribution >= 0.6 is 0 Å². The molecule has 0 aliphatic carbocycles. The van der Waals surface area contributed by atoms with Gasteiger partial charge in [0.1, 0.15) is 0 Å². The standard InChI is InChI=1S/C23H19N3O/c1-26(19-15-9-4-10-16-19)23(27)22-24-20(17-11-5-2-6-12-17)21(25-22)18-13-7-3-8-14-18/h2-16H,1H3,(H,24,25). The van der Waals surface area contributed by atoms with Gasteiger partial charge in [0, 0.05) is 23.9 Å². The molecule has 0 atom stereocenters. The molecule has 0 aliphatic heterocycles. The van der Waals surface area contributed by atoms with Crippen LogP contribution in [-0.4, -0.2) is 22.9 Å². The molecule has 0 bridgehead atoms. The monoisotopic (exact) mass is 353 g/mol. The number of amides is 1. The fourth-order valence-corrected chi connectivity index (χ4v) is 3.02. The highest BCUT2D eigenvalue weighted by molar-refractivity contribution is 6.04. The molecule has 0 saturated carbocycles. The van der Waals surface area contributed by atoms with Crippen molar-refractivity contribution in [2.75, 3.05) is 11.9 Å². The van der Waals surface area contributed by atoms with Gasteiger partial charge in [-0.1, -0.05) is 78.9 Å². The molecule has 0 radical (unpaired) electrons. The zero-order valence-electron chi connectivity index (χ0n) is 15.0. The fourth-order valence-electron chi connectivity index (χ4n) is 3.02. The number of hydrogen-bond donors (Lipinski definition) is 1. The van der Waals surface area contributed by atoms with E-state index in [0.717, 1.165) is 28.2 Å². The number of benzene rings is 3. The van der Waals surface area contributed by atoms with Crippen LogP contribution in [0.15, 0.2) is 91.0 Å². The van der Waals surface area contributed by atoms with Gasteiger partial charge in [0.25, 0.3) is 5.91 Å². The van der Waals surface area contributed by atoms with Crippen LogP contribution in [0.25, 0.3) is 22.5 Å². The van der Waals surface area contributed by atoms with Crippen LogP contribution in [0.1, 0.15) is 10.6 Å². The molecule has 0 saturated heterocycles. The number of rotatable bonds is 4. The molecule has 132 valence electrons. The van der Waals surface area contributed by atoms with Crippen LogP contribution in [0.5, 0.6) is 0 Å². The summed E-state index contributed by atoms with van der Waals surface area (Å²) in [4.78, 5) is 22.5. The first kappa shape index (κ1) is 16.8. The summed E-state index contributed by atoms with van der Waals surface area (Å²) in [6.45, 7) is 0. The minimum atomic E-state index is -0.180. The van der Waals surface area contributed by atoms with Crippen LogP contribution in [0.2, 0.25) is 0 Å². The Morgan fingerprint density at radius 3 is 1.89 bits per heavy atom. The van der Waals surface area contributed by atoms with Crippen LogP contribution < -0.4 is 4.90 Å². The Morgan fingerprint density at radius 1 is 0.778 bits per heavy atom. The van der Waals surface area contributed by atoms with Gasteiger partial charge in [0.2, 0.25) is 0 Å². The summed E-state index contributed by atoms with van der Waals surface area (Å²) in [7, 11) is 1.75. The molecule has 0 aliphatic rings. The number of hydrogen-bond acceptors (Lipinski definition) is 2. The van der Waals surface area contributed by atoms with E-state index in [1.165, 1.54) is 0 Å². The Labute approximate surface area is 158 Å². The summed E-state index contributed by atoms with van der Waals surface area (Å²) in [6, 6.07) is 29.4. The maximum Gasteiger partial charge on any atom is 0.293 e. The Balaban J connectivity index is 1.79. The van der Waals surface area contributed by atoms with E-state index >= 15 is 0 Å². The van der Waals surface area contributed by atoms with E-state index in [1.54, 1.807) is 11.9 Å². The van der Waals surface area contributed by atoms with Gasteiger partial charge in [0.15, 0.2) is 5.82 Å². The Bertz CT molecular complexity index is 984. The van der Waals surface area contributed by atoms with Crippen molar-refractivity contribution in [2.45, 2.75) is 0 Å². The van der Waals surface area contributed by atoms with Crippen LogP contribution in [-0.2, 0) is 0 Å². The molecular formula is C23H19N3O. The third kappa shape index (κ3) is 3.37. The number of aromatic nitrogens is 2. The summed E-state index contributed by atoms with van der Waals surface area (Å²) in [5.41, 5.74) is 4.39. The van der Waals surface area contributed by atoms with Gasteiger partial charge >= 0.3 is 0 Å². The van der Waals surface area contributed by atoms with Gasteiger partial charge in [-0.15, -0.1) is 0 Å². The van der Waals surface area contributed by atoms with Crippen molar-refractivity contribution in [1.29, 1.82) is 0 Å². The SMILES string of the molecule is CN(C(=O)c1nc(-c2ccccc2)c(-c2ccccc2)[nH]1)c1ccccc1. The van der Waals surface area contributed by atoms with Crippen molar-refractivity contribution in [3.05, 3.63) is 96.8 Å². The molecule has 1 N–H and O–H groups in total. The van der Waals surface area contributed by atoms with Crippen molar-refractivity contribution in [3.63, 3.8) is 0 Å². The molecule has 4 heteroatoms. The average Bonchev–Trinajstić information content (AvgIpc) is 3.20. The molecule has 4 aromatic rings. The highest BCUT2D eigenvalue weighted by atomic mass is 16.2. The topological polar surface area (TPSA) is 49.0 Å². The maximum absolute atomic E-state index is 13.0. The van der Waals surface area contributed by atoms with Crippen molar-refractivity contribution in [1.82, 2.24) is 9.97 Å². The van der Waals surface area contributed by atoms with E-state index in [9.17, 15) is 4.79 Å². The van der Waals surface area contributed by atoms with Crippen LogP contribution in [0.4, 0.5) is 5.69 Å². The first-order valence-electron chi connectivity index (χ1n) is 8.78. The highest BCUT2D eigenvalue weighted by Crippen LogP contribution is 2.30. The predicted octanol–water partition coefficient (Wildman–Crippen LogP) is 5.02. The molecule has 0 unspecified atom stereocenters. The van der Waals surface area contributed by atoms with Gasteiger partial charge in [-0.05, 0) is 12.1 Å². The first-order valence-corrected chi connectivity index (χ1v) is 8.78. The lowest BCUT2D eigenvalue weighted by atomic mass is 10.1. The number of nitrogens with zero attached hydrogens (tertiary/aromatic N) is 2. The fraction of sp³-hybridized carbons (Fsp3) is 0.0435. The summed E-state index contributed by atoms with van der Waals surface area (Å²) in [5, 5.41) is 0. The molecule has 1 heterocycles. The van der Waals surface area contributed by atoms with Gasteiger partial charge in [-0.3, -0.25) is 4.79 Å². The second kappa shape index (κ2) is 7.30. The number of aromatic amines is 1. The molecule has 0 spiro atoms. The normalized spacial score (nSPS) is 10.6. The molecule has 27 heavy (non-hydrogen) atoms. The number of para-hydroxylation sites is 1. The average molecular weight is 353 g/mol. The van der Waals surface area contributed by atoms with E-state index in [2.05, 4.69) is 9.97 Å². The van der Waals surface area contributed by atoms with Gasteiger partial charge in [-0.25, -0.2) is 4.98 Å². The second-order valence-electron chi connectivity index (χ2n) is 6.24. The minimum absolute atomic E-state index is 0.180. The number of carbonyl (C=O) groups is 1. The van der Waals surface area contributed by atoms with Crippen LogP contribution in [0.3, 0.4) is 0 Å². The molecule has 1 amide bonds. The number of carbonyl (C=O) groups excluding carboxylic acids is 1. The van der Waals surface area contributed by atoms with E-state index in [-0.39, 0.29) is 5.91 Å². The quantitative estimate of drug-likeness (QED) is 0.560. The lowest BCUT2D eigenvalue weighted by Crippen LogP contribution is -2.27. The number of H-pyrrole nitrogens is 1. The molecule has 4 nitrogen and oxygen atoms in total. The zero-order chi connectivity index (χ0) is 18.6. The third-order valence-corrected chi connectivity index (χ3v) is 4.46. The predicted molar refractivity (Wildman–Crippen MR) is 109 cm³/mol. The summed E-state index contributed by atoms with van der Waals surface area (Å²) < 4.78 is 0. The summed E-state index contributed by atoms with van der Waals surface area (Å²) in [5.74, 6) is 0.139. The summed E-state index contributed by atoms with van der Waals surface area (Å²) >= 11 is 0. The lowest BCUT2D eigenvalue weighted by molar-refractivity contribution is 0.0984. The van der Waals surface area contributed by atoms with Crippen molar-refractivity contribution in [3.8, 4) is 22.5 Å². The molecule has 1 aromatic heterocycles. The number of nitrogens with one attached hydrogen (secondary N) is 1. The van der Waals surface area contributed by atoms with E-state index in [1.807, 2.05) is 91.0 Å². The molecule has 4 rings (SSSR count). The van der Waals surface area contributed by atoms with Gasteiger partial charge in [-0.2, -0.15) is 0 Å². The minimum Gasteiger partial charge on any atom is -0.333 e. The second-order valence-corrected chi connectivity index (χ2v) is 6.24. The Hall–Kier alpha value is -3.66. The third-order valence-electron chi connectivity index (χ3n) is 4.46. The van der Waals surface area contributed by atoms with E-state index < -0.39 is 0 Å². The number of imidazole rings is 1. The number of anilines is 1. The van der Waals surface area contributed by atoms with Gasteiger partial charge in [0.05, 0.1) is 11.4 Å². The Kier molecular flexibility index (Phi) is 4.54. The largest absolute Gasteiger partial charge is 0.333 e. The molecule has 0 fully saturated rings. The smallest absolute Gasteiger partial charge is 0.293 e. The van der Waals surface area contributed by atoms with Crippen molar-refractivity contribution in [2.24, 2.45) is 0 Å². The molecule has 3 aromatic carbocycles. The van der Waals surface area contributed by atoms with E-state index in [4.69, 9.17) is 0 Å². The first-order chi connectivity index (χ1) is 13.2. The van der Waals surface area contributed by atoms with Crippen LogP contribution in [0, 0.1) is 0 Å². The van der Waals surface area contributed by atoms with Crippen molar-refractivity contribution >= 4 is 11.6 Å². The van der Waals surface area contributed by atoms with E-state index in [0.29, 0.717) is 5.82 Å². The van der Waals surface area contributed by atoms with Gasteiger partial charge < -0.3 is 9.88 Å². The maximum atomic E-state index is 13.0. The summed E-state index contributed by atoms with van der Waals surface area (Å²) in [6.07, 6.45) is 0. The lowest BCUT2D eigenvalue weighted by Gasteiger charge is -2.15. The highest BCUT2D eigenvalue weighted by Gasteiger charge is 2.21. The zero-order valence-corrected chi connectivity index (χ0v) is 15.0. The molecular weight excluding hydrogens is 334 g/mol. The van der Waals surface area contributed by atoms with Crippen molar-refractivity contribution < 1.29 is 4.79 Å².